The Morgan fingerprint density at radius 1 is 1.03 bits per heavy atom. The van der Waals surface area contributed by atoms with Crippen LogP contribution in [0.3, 0.4) is 0 Å². The predicted molar refractivity (Wildman–Crippen MR) is 127 cm³/mol. The Morgan fingerprint density at radius 2 is 1.62 bits per heavy atom. The summed E-state index contributed by atoms with van der Waals surface area (Å²) in [6.45, 7) is 7.37. The van der Waals surface area contributed by atoms with Gasteiger partial charge in [-0.1, -0.05) is 52.9 Å². The molecule has 1 saturated heterocycles. The van der Waals surface area contributed by atoms with Gasteiger partial charge in [0.15, 0.2) is 0 Å². The first kappa shape index (κ1) is 28.8. The number of hydrogen-bond donors (Lipinski definition) is 2. The van der Waals surface area contributed by atoms with Crippen molar-refractivity contribution in [3.05, 3.63) is 0 Å². The van der Waals surface area contributed by atoms with Crippen LogP contribution in [0.4, 0.5) is 0 Å². The van der Waals surface area contributed by atoms with E-state index in [-0.39, 0.29) is 24.1 Å². The summed E-state index contributed by atoms with van der Waals surface area (Å²) in [7, 11) is -1.96. The smallest absolute Gasteiger partial charge is 0.256 e. The van der Waals surface area contributed by atoms with Crippen LogP contribution >= 0.6 is 0 Å². The summed E-state index contributed by atoms with van der Waals surface area (Å²) in [5.41, 5.74) is 1.65. The number of amides is 2. The fraction of sp³-hybridized carbons (Fsp3) is 0.913. The van der Waals surface area contributed by atoms with E-state index >= 15 is 0 Å². The first-order valence-electron chi connectivity index (χ1n) is 12.3. The van der Waals surface area contributed by atoms with E-state index in [0.717, 1.165) is 44.9 Å². The topological polar surface area (TPSA) is 107 Å². The lowest BCUT2D eigenvalue weighted by atomic mass is 9.83. The summed E-state index contributed by atoms with van der Waals surface area (Å²) in [6, 6.07) is 0. The molecular weight excluding hydrogens is 430 g/mol. The lowest BCUT2D eigenvalue weighted by Crippen LogP contribution is -2.50. The average Bonchev–Trinajstić information content (AvgIpc) is 2.76. The monoisotopic (exact) mass is 475 g/mol. The van der Waals surface area contributed by atoms with Gasteiger partial charge < -0.3 is 4.90 Å². The Balaban J connectivity index is 2.90. The van der Waals surface area contributed by atoms with Gasteiger partial charge in [0, 0.05) is 26.7 Å². The van der Waals surface area contributed by atoms with E-state index in [2.05, 4.69) is 6.92 Å². The molecule has 32 heavy (non-hydrogen) atoms. The number of rotatable bonds is 15. The van der Waals surface area contributed by atoms with Gasteiger partial charge in [-0.15, -0.1) is 0 Å². The predicted octanol–water partition coefficient (Wildman–Crippen LogP) is 3.40. The molecule has 0 saturated carbocycles. The van der Waals surface area contributed by atoms with Crippen LogP contribution in [0.25, 0.3) is 0 Å². The van der Waals surface area contributed by atoms with Crippen molar-refractivity contribution in [2.75, 3.05) is 32.4 Å². The molecule has 1 aliphatic rings. The van der Waals surface area contributed by atoms with E-state index < -0.39 is 27.8 Å². The second-order valence-corrected chi connectivity index (χ2v) is 11.8. The minimum absolute atomic E-state index is 0.0704. The van der Waals surface area contributed by atoms with Crippen LogP contribution in [0, 0.1) is 17.8 Å². The second-order valence-electron chi connectivity index (χ2n) is 9.59. The lowest BCUT2D eigenvalue weighted by Gasteiger charge is -2.34. The molecule has 1 fully saturated rings. The van der Waals surface area contributed by atoms with Crippen LogP contribution in [0.1, 0.15) is 85.0 Å². The molecule has 2 N–H and O–H groups in total. The van der Waals surface area contributed by atoms with Gasteiger partial charge >= 0.3 is 0 Å². The molecule has 1 rings (SSSR count). The largest absolute Gasteiger partial charge is 0.342 e. The average molecular weight is 476 g/mol. The fourth-order valence-electron chi connectivity index (χ4n) is 4.49. The highest BCUT2D eigenvalue weighted by Crippen LogP contribution is 2.26. The second kappa shape index (κ2) is 14.9. The molecule has 0 unspecified atom stereocenters. The number of nitrogens with one attached hydrogen (secondary N) is 1. The standard InChI is InChI=1S/C23H45N3O5S/c1-5-6-7-8-9-13-16-32(30,31)25(4)18-20(17-19(2)3)21(22(27)24-29)23(28)26-14-11-10-12-15-26/h19-21,29H,5-18H2,1-4H3,(H,24,27)/t20-,21+/m0/s1. The Bertz CT molecular complexity index is 663. The lowest BCUT2D eigenvalue weighted by molar-refractivity contribution is -0.149. The van der Waals surface area contributed by atoms with Crippen LogP contribution in [-0.2, 0) is 19.6 Å². The first-order valence-corrected chi connectivity index (χ1v) is 13.9. The normalized spacial score (nSPS) is 16.9. The SMILES string of the molecule is CCCCCCCCS(=O)(=O)N(C)C[C@H](CC(C)C)[C@H](C(=O)NO)C(=O)N1CCCCC1. The van der Waals surface area contributed by atoms with E-state index in [1.54, 1.807) is 10.4 Å². The molecule has 188 valence electrons. The zero-order valence-corrected chi connectivity index (χ0v) is 21.3. The van der Waals surface area contributed by atoms with E-state index in [9.17, 15) is 23.2 Å². The molecule has 2 amide bonds. The minimum atomic E-state index is -3.49. The third kappa shape index (κ3) is 9.75. The van der Waals surface area contributed by atoms with Crippen molar-refractivity contribution in [1.29, 1.82) is 0 Å². The Kier molecular flexibility index (Phi) is 13.4. The van der Waals surface area contributed by atoms with Gasteiger partial charge in [-0.2, -0.15) is 0 Å². The van der Waals surface area contributed by atoms with Gasteiger partial charge in [-0.3, -0.25) is 14.8 Å². The molecule has 0 spiro atoms. The van der Waals surface area contributed by atoms with Crippen molar-refractivity contribution < 1.29 is 23.2 Å². The van der Waals surface area contributed by atoms with Gasteiger partial charge in [0.1, 0.15) is 5.92 Å². The number of hydrogen-bond acceptors (Lipinski definition) is 5. The summed E-state index contributed by atoms with van der Waals surface area (Å²) < 4.78 is 27.0. The highest BCUT2D eigenvalue weighted by atomic mass is 32.2. The number of nitrogens with zero attached hydrogens (tertiary/aromatic N) is 2. The molecule has 0 bridgehead atoms. The Morgan fingerprint density at radius 3 is 2.19 bits per heavy atom. The van der Waals surface area contributed by atoms with Crippen molar-refractivity contribution in [2.24, 2.45) is 17.8 Å². The summed E-state index contributed by atoms with van der Waals surface area (Å²) in [5.74, 6) is -2.46. The quantitative estimate of drug-likeness (QED) is 0.163. The van der Waals surface area contributed by atoms with Crippen molar-refractivity contribution in [2.45, 2.75) is 85.0 Å². The van der Waals surface area contributed by atoms with Gasteiger partial charge in [0.05, 0.1) is 5.75 Å². The zero-order valence-electron chi connectivity index (χ0n) is 20.5. The maximum Gasteiger partial charge on any atom is 0.256 e. The van der Waals surface area contributed by atoms with Crippen LogP contribution in [-0.4, -0.2) is 67.1 Å². The Hall–Kier alpha value is -1.19. The van der Waals surface area contributed by atoms with Crippen LogP contribution in [0.5, 0.6) is 0 Å². The summed E-state index contributed by atoms with van der Waals surface area (Å²) in [6.07, 6.45) is 9.31. The van der Waals surface area contributed by atoms with E-state index in [0.29, 0.717) is 25.9 Å². The minimum Gasteiger partial charge on any atom is -0.342 e. The zero-order chi connectivity index (χ0) is 24.1. The first-order chi connectivity index (χ1) is 15.1. The molecule has 1 heterocycles. The van der Waals surface area contributed by atoms with Gasteiger partial charge in [-0.05, 0) is 43.9 Å². The number of hydroxylamine groups is 1. The van der Waals surface area contributed by atoms with E-state index in [4.69, 9.17) is 0 Å². The number of piperidine rings is 1. The van der Waals surface area contributed by atoms with Gasteiger partial charge in [0.2, 0.25) is 15.9 Å². The molecule has 0 radical (unpaired) electrons. The summed E-state index contributed by atoms with van der Waals surface area (Å²) >= 11 is 0. The molecule has 0 aromatic rings. The molecule has 0 aromatic carbocycles. The highest BCUT2D eigenvalue weighted by molar-refractivity contribution is 7.89. The molecular formula is C23H45N3O5S. The number of carbonyl (C=O) groups is 2. The van der Waals surface area contributed by atoms with Crippen LogP contribution < -0.4 is 5.48 Å². The van der Waals surface area contributed by atoms with Crippen molar-refractivity contribution >= 4 is 21.8 Å². The summed E-state index contributed by atoms with van der Waals surface area (Å²) in [4.78, 5) is 27.5. The maximum atomic E-state index is 13.2. The molecule has 2 atom stereocenters. The highest BCUT2D eigenvalue weighted by Gasteiger charge is 2.39. The molecule has 1 aliphatic heterocycles. The summed E-state index contributed by atoms with van der Waals surface area (Å²) in [5, 5.41) is 9.33. The van der Waals surface area contributed by atoms with E-state index in [1.807, 2.05) is 13.8 Å². The molecule has 9 heteroatoms. The van der Waals surface area contributed by atoms with Gasteiger partial charge in [0.25, 0.3) is 5.91 Å². The number of carbonyl (C=O) groups excluding carboxylic acids is 2. The molecule has 0 aromatic heterocycles. The third-order valence-corrected chi connectivity index (χ3v) is 8.20. The maximum absolute atomic E-state index is 13.2. The third-order valence-electron chi connectivity index (χ3n) is 6.29. The Labute approximate surface area is 195 Å². The van der Waals surface area contributed by atoms with Crippen molar-refractivity contribution in [3.8, 4) is 0 Å². The number of sulfonamides is 1. The number of likely N-dealkylation sites (tertiary alicyclic amines) is 1. The fourth-order valence-corrected chi connectivity index (χ4v) is 5.79. The molecule has 8 nitrogen and oxygen atoms in total. The van der Waals surface area contributed by atoms with Gasteiger partial charge in [-0.25, -0.2) is 18.2 Å². The van der Waals surface area contributed by atoms with Crippen LogP contribution in [0.15, 0.2) is 0 Å². The van der Waals surface area contributed by atoms with E-state index in [1.165, 1.54) is 17.8 Å². The van der Waals surface area contributed by atoms with Crippen LogP contribution in [0.2, 0.25) is 0 Å². The number of unbranched alkanes of at least 4 members (excludes halogenated alkanes) is 5. The molecule has 0 aliphatic carbocycles. The van der Waals surface area contributed by atoms with Crippen molar-refractivity contribution in [3.63, 3.8) is 0 Å². The van der Waals surface area contributed by atoms with Crippen molar-refractivity contribution in [1.82, 2.24) is 14.7 Å².